The van der Waals surface area contributed by atoms with Crippen LogP contribution in [0.15, 0.2) is 0 Å². The van der Waals surface area contributed by atoms with Crippen molar-refractivity contribution in [3.05, 3.63) is 0 Å². The van der Waals surface area contributed by atoms with Gasteiger partial charge in [0.15, 0.2) is 9.84 Å². The summed E-state index contributed by atoms with van der Waals surface area (Å²) in [7, 11) is -3.19. The van der Waals surface area contributed by atoms with Gasteiger partial charge in [0.1, 0.15) is 5.60 Å². The van der Waals surface area contributed by atoms with Crippen molar-refractivity contribution in [2.75, 3.05) is 12.8 Å². The predicted molar refractivity (Wildman–Crippen MR) is 64.4 cm³/mol. The second-order valence-corrected chi connectivity index (χ2v) is 7.74. The highest BCUT2D eigenvalue weighted by molar-refractivity contribution is 7.91. The Morgan fingerprint density at radius 3 is 2.35 bits per heavy atom. The van der Waals surface area contributed by atoms with E-state index in [-0.39, 0.29) is 6.54 Å². The molecule has 6 nitrogen and oxygen atoms in total. The van der Waals surface area contributed by atoms with E-state index in [0.29, 0.717) is 6.42 Å². The second kappa shape index (κ2) is 4.13. The summed E-state index contributed by atoms with van der Waals surface area (Å²) in [6.45, 7) is 5.30. The minimum Gasteiger partial charge on any atom is -0.444 e. The van der Waals surface area contributed by atoms with Gasteiger partial charge < -0.3 is 15.8 Å². The molecule has 0 saturated heterocycles. The van der Waals surface area contributed by atoms with Gasteiger partial charge in [-0.05, 0) is 27.2 Å². The van der Waals surface area contributed by atoms with Crippen LogP contribution in [0.2, 0.25) is 0 Å². The third-order valence-corrected chi connectivity index (χ3v) is 4.29. The van der Waals surface area contributed by atoms with Gasteiger partial charge in [0.05, 0.1) is 10.8 Å². The molecule has 0 aromatic rings. The average Bonchev–Trinajstić information content (AvgIpc) is 2.75. The fourth-order valence-electron chi connectivity index (χ4n) is 1.74. The topological polar surface area (TPSA) is 98.5 Å². The zero-order chi connectivity index (χ0) is 13.5. The molecule has 7 heteroatoms. The summed E-state index contributed by atoms with van der Waals surface area (Å²) in [5, 5.41) is 1.96. The standard InChI is InChI=1S/C10H20N2O4S/c1-9(2,3)16-8(13)12-10(6-11)5-7(10)17(4,14)15/h7H,5-6,11H2,1-4H3,(H,12,13)/t7-,10-/m0/s1. The fraction of sp³-hybridized carbons (Fsp3) is 0.900. The van der Waals surface area contributed by atoms with Gasteiger partial charge >= 0.3 is 6.09 Å². The van der Waals surface area contributed by atoms with Crippen molar-refractivity contribution in [3.63, 3.8) is 0 Å². The van der Waals surface area contributed by atoms with E-state index in [1.54, 1.807) is 20.8 Å². The van der Waals surface area contributed by atoms with E-state index in [0.717, 1.165) is 6.26 Å². The summed E-state index contributed by atoms with van der Waals surface area (Å²) < 4.78 is 27.9. The van der Waals surface area contributed by atoms with E-state index < -0.39 is 32.3 Å². The van der Waals surface area contributed by atoms with Crippen LogP contribution in [0.3, 0.4) is 0 Å². The first kappa shape index (κ1) is 14.2. The molecule has 0 unspecified atom stereocenters. The Morgan fingerprint density at radius 1 is 1.53 bits per heavy atom. The first-order valence-corrected chi connectivity index (χ1v) is 7.36. The maximum atomic E-state index is 11.6. The summed E-state index contributed by atoms with van der Waals surface area (Å²) in [5.74, 6) is 0. The van der Waals surface area contributed by atoms with Crippen molar-refractivity contribution < 1.29 is 17.9 Å². The summed E-state index contributed by atoms with van der Waals surface area (Å²) in [6, 6.07) is 0. The zero-order valence-corrected chi connectivity index (χ0v) is 11.4. The van der Waals surface area contributed by atoms with Gasteiger partial charge in [-0.15, -0.1) is 0 Å². The molecule has 0 aliphatic heterocycles. The first-order valence-electron chi connectivity index (χ1n) is 5.40. The smallest absolute Gasteiger partial charge is 0.408 e. The molecule has 17 heavy (non-hydrogen) atoms. The number of alkyl carbamates (subject to hydrolysis) is 1. The van der Waals surface area contributed by atoms with E-state index in [2.05, 4.69) is 5.32 Å². The van der Waals surface area contributed by atoms with Gasteiger partial charge in [0.2, 0.25) is 0 Å². The van der Waals surface area contributed by atoms with Crippen molar-refractivity contribution in [3.8, 4) is 0 Å². The van der Waals surface area contributed by atoms with Crippen molar-refractivity contribution in [2.24, 2.45) is 5.73 Å². The molecule has 0 aromatic heterocycles. The summed E-state index contributed by atoms with van der Waals surface area (Å²) >= 11 is 0. The fourth-order valence-corrected chi connectivity index (χ4v) is 3.31. The second-order valence-electron chi connectivity index (χ2n) is 5.51. The number of amides is 1. The maximum Gasteiger partial charge on any atom is 0.408 e. The minimum absolute atomic E-state index is 0.0873. The molecule has 0 bridgehead atoms. The number of rotatable bonds is 3. The molecule has 1 rings (SSSR count). The van der Waals surface area contributed by atoms with Crippen LogP contribution in [-0.2, 0) is 14.6 Å². The highest BCUT2D eigenvalue weighted by Crippen LogP contribution is 2.41. The number of hydrogen-bond donors (Lipinski definition) is 2. The van der Waals surface area contributed by atoms with E-state index in [9.17, 15) is 13.2 Å². The van der Waals surface area contributed by atoms with Crippen LogP contribution in [0, 0.1) is 0 Å². The van der Waals surface area contributed by atoms with E-state index in [1.807, 2.05) is 0 Å². The SMILES string of the molecule is CC(C)(C)OC(=O)N[C@]1(CN)C[C@@H]1S(C)(=O)=O. The van der Waals surface area contributed by atoms with Gasteiger partial charge in [0.25, 0.3) is 0 Å². The Kier molecular flexibility index (Phi) is 3.46. The van der Waals surface area contributed by atoms with Crippen LogP contribution < -0.4 is 11.1 Å². The first-order chi connectivity index (χ1) is 7.50. The Balaban J connectivity index is 2.66. The van der Waals surface area contributed by atoms with Crippen LogP contribution in [0.5, 0.6) is 0 Å². The molecule has 1 aliphatic carbocycles. The summed E-state index contributed by atoms with van der Waals surface area (Å²) in [5.41, 5.74) is 4.07. The Labute approximate surface area is 102 Å². The number of carbonyl (C=O) groups is 1. The molecule has 3 N–H and O–H groups in total. The summed E-state index contributed by atoms with van der Waals surface area (Å²) in [4.78, 5) is 11.6. The quantitative estimate of drug-likeness (QED) is 0.749. The highest BCUT2D eigenvalue weighted by atomic mass is 32.2. The lowest BCUT2D eigenvalue weighted by Gasteiger charge is -2.23. The molecular weight excluding hydrogens is 244 g/mol. The van der Waals surface area contributed by atoms with Crippen molar-refractivity contribution in [1.29, 1.82) is 0 Å². The molecule has 1 saturated carbocycles. The average molecular weight is 264 g/mol. The Bertz CT molecular complexity index is 413. The van der Waals surface area contributed by atoms with Crippen LogP contribution in [0.25, 0.3) is 0 Å². The Hall–Kier alpha value is -0.820. The van der Waals surface area contributed by atoms with E-state index in [4.69, 9.17) is 10.5 Å². The van der Waals surface area contributed by atoms with Gasteiger partial charge in [-0.2, -0.15) is 0 Å². The van der Waals surface area contributed by atoms with Gasteiger partial charge in [0, 0.05) is 12.8 Å². The van der Waals surface area contributed by atoms with Crippen LogP contribution in [0.4, 0.5) is 4.79 Å². The third-order valence-electron chi connectivity index (χ3n) is 2.64. The highest BCUT2D eigenvalue weighted by Gasteiger charge is 2.60. The van der Waals surface area contributed by atoms with Gasteiger partial charge in [-0.3, -0.25) is 0 Å². The predicted octanol–water partition coefficient (Wildman–Crippen LogP) is 0.0255. The molecule has 0 aromatic carbocycles. The molecule has 0 radical (unpaired) electrons. The van der Waals surface area contributed by atoms with Gasteiger partial charge in [-0.1, -0.05) is 0 Å². The Morgan fingerprint density at radius 2 is 2.06 bits per heavy atom. The van der Waals surface area contributed by atoms with E-state index >= 15 is 0 Å². The van der Waals surface area contributed by atoms with Crippen molar-refractivity contribution in [2.45, 2.75) is 43.6 Å². The molecule has 1 aliphatic rings. The van der Waals surface area contributed by atoms with Crippen LogP contribution >= 0.6 is 0 Å². The molecule has 100 valence electrons. The van der Waals surface area contributed by atoms with Crippen LogP contribution in [0.1, 0.15) is 27.2 Å². The van der Waals surface area contributed by atoms with E-state index in [1.165, 1.54) is 0 Å². The molecule has 0 spiro atoms. The largest absolute Gasteiger partial charge is 0.444 e. The normalized spacial score (nSPS) is 28.6. The number of nitrogens with one attached hydrogen (secondary N) is 1. The number of sulfone groups is 1. The lowest BCUT2D eigenvalue weighted by molar-refractivity contribution is 0.0499. The van der Waals surface area contributed by atoms with Crippen molar-refractivity contribution in [1.82, 2.24) is 5.32 Å². The van der Waals surface area contributed by atoms with Crippen LogP contribution in [-0.4, -0.2) is 43.7 Å². The monoisotopic (exact) mass is 264 g/mol. The number of hydrogen-bond acceptors (Lipinski definition) is 5. The number of carbonyl (C=O) groups excluding carboxylic acids is 1. The molecule has 1 fully saturated rings. The maximum absolute atomic E-state index is 11.6. The van der Waals surface area contributed by atoms with Crippen molar-refractivity contribution >= 4 is 15.9 Å². The molecule has 2 atom stereocenters. The molecular formula is C10H20N2O4S. The zero-order valence-electron chi connectivity index (χ0n) is 10.6. The molecule has 1 amide bonds. The summed E-state index contributed by atoms with van der Waals surface area (Å²) in [6.07, 6.45) is 0.863. The minimum atomic E-state index is -3.19. The number of nitrogens with two attached hydrogens (primary N) is 1. The third kappa shape index (κ3) is 3.57. The lowest BCUT2D eigenvalue weighted by atomic mass is 10.2. The van der Waals surface area contributed by atoms with Gasteiger partial charge in [-0.25, -0.2) is 13.2 Å². The molecule has 0 heterocycles. The number of ether oxygens (including phenoxy) is 1. The lowest BCUT2D eigenvalue weighted by Crippen LogP contribution is -2.48.